The molecule has 2 aromatic heterocycles. The summed E-state index contributed by atoms with van der Waals surface area (Å²) in [5.41, 5.74) is -1.15. The molecule has 28 heavy (non-hydrogen) atoms. The Kier molecular flexibility index (Phi) is 5.21. The number of halogens is 6. The molecule has 0 radical (unpaired) electrons. The van der Waals surface area contributed by atoms with E-state index >= 15 is 0 Å². The van der Waals surface area contributed by atoms with Crippen molar-refractivity contribution < 1.29 is 26.3 Å². The maximum Gasteiger partial charge on any atom is 0.433 e. The largest absolute Gasteiger partial charge is 0.433 e. The summed E-state index contributed by atoms with van der Waals surface area (Å²) in [6.45, 7) is -0.0117. The van der Waals surface area contributed by atoms with E-state index in [0.717, 1.165) is 18.2 Å². The third-order valence-corrected chi connectivity index (χ3v) is 3.71. The van der Waals surface area contributed by atoms with Gasteiger partial charge >= 0.3 is 12.4 Å². The van der Waals surface area contributed by atoms with Gasteiger partial charge in [-0.3, -0.25) is 4.98 Å². The van der Waals surface area contributed by atoms with Crippen LogP contribution in [0.1, 0.15) is 16.8 Å². The molecule has 0 aliphatic heterocycles. The summed E-state index contributed by atoms with van der Waals surface area (Å²) in [5.74, 6) is -0.249. The zero-order chi connectivity index (χ0) is 20.4. The minimum absolute atomic E-state index is 0.0117. The van der Waals surface area contributed by atoms with Gasteiger partial charge in [0.2, 0.25) is 0 Å². The average Bonchev–Trinajstić information content (AvgIpc) is 2.66. The number of nitrogens with zero attached hydrogens (tertiary/aromatic N) is 3. The Balaban J connectivity index is 1.85. The highest BCUT2D eigenvalue weighted by atomic mass is 19.4. The van der Waals surface area contributed by atoms with Crippen molar-refractivity contribution in [1.29, 1.82) is 0 Å². The van der Waals surface area contributed by atoms with Crippen LogP contribution in [0.2, 0.25) is 0 Å². The Labute approximate surface area is 155 Å². The lowest BCUT2D eigenvalue weighted by Gasteiger charge is -2.12. The fourth-order valence-corrected chi connectivity index (χ4v) is 2.32. The minimum Gasteiger partial charge on any atom is -0.366 e. The van der Waals surface area contributed by atoms with E-state index in [9.17, 15) is 26.3 Å². The Morgan fingerprint density at radius 2 is 1.43 bits per heavy atom. The van der Waals surface area contributed by atoms with E-state index in [0.29, 0.717) is 11.1 Å². The molecule has 0 spiro atoms. The summed E-state index contributed by atoms with van der Waals surface area (Å²) in [7, 11) is 0. The van der Waals surface area contributed by atoms with Gasteiger partial charge in [-0.1, -0.05) is 12.1 Å². The molecule has 1 aromatic carbocycles. The minimum atomic E-state index is -4.69. The van der Waals surface area contributed by atoms with Crippen molar-refractivity contribution in [2.24, 2.45) is 0 Å². The third-order valence-electron chi connectivity index (χ3n) is 3.71. The molecule has 0 fully saturated rings. The van der Waals surface area contributed by atoms with Crippen LogP contribution in [0.3, 0.4) is 0 Å². The van der Waals surface area contributed by atoms with Crippen molar-refractivity contribution in [2.45, 2.75) is 18.9 Å². The number of hydrogen-bond donors (Lipinski definition) is 1. The average molecular weight is 398 g/mol. The normalized spacial score (nSPS) is 12.1. The lowest BCUT2D eigenvalue weighted by molar-refractivity contribution is -0.141. The van der Waals surface area contributed by atoms with Crippen LogP contribution in [0.25, 0.3) is 11.4 Å². The predicted octanol–water partition coefficient (Wildman–Crippen LogP) is 5.19. The van der Waals surface area contributed by atoms with Crippen LogP contribution in [-0.4, -0.2) is 15.0 Å². The Morgan fingerprint density at radius 3 is 2.00 bits per heavy atom. The molecule has 0 aliphatic carbocycles. The number of aromatic nitrogens is 3. The van der Waals surface area contributed by atoms with Crippen molar-refractivity contribution >= 4 is 5.82 Å². The number of benzene rings is 1. The van der Waals surface area contributed by atoms with E-state index in [1.165, 1.54) is 36.7 Å². The van der Waals surface area contributed by atoms with E-state index in [2.05, 4.69) is 20.3 Å². The van der Waals surface area contributed by atoms with Crippen LogP contribution in [0.4, 0.5) is 32.2 Å². The summed E-state index contributed by atoms with van der Waals surface area (Å²) in [5, 5.41) is 2.69. The lowest BCUT2D eigenvalue weighted by atomic mass is 10.1. The third kappa shape index (κ3) is 4.76. The number of alkyl halides is 6. The highest BCUT2D eigenvalue weighted by molar-refractivity contribution is 5.57. The van der Waals surface area contributed by atoms with Crippen LogP contribution in [0, 0.1) is 0 Å². The molecular weight excluding hydrogens is 386 g/mol. The number of pyridine rings is 1. The highest BCUT2D eigenvalue weighted by Gasteiger charge is 2.34. The van der Waals surface area contributed by atoms with Crippen LogP contribution in [0.5, 0.6) is 0 Å². The molecule has 3 aromatic rings. The fourth-order valence-electron chi connectivity index (χ4n) is 2.32. The molecule has 0 atom stereocenters. The monoisotopic (exact) mass is 398 g/mol. The standard InChI is InChI=1S/C18H12F6N4/c19-17(20,21)13-3-1-11(2-4-13)10-26-15-9-14(18(22,23)24)27-16(28-15)12-5-7-25-8-6-12/h1-9H,10H2,(H,26,27,28). The van der Waals surface area contributed by atoms with Crippen molar-refractivity contribution in [1.82, 2.24) is 15.0 Å². The van der Waals surface area contributed by atoms with Crippen molar-refractivity contribution in [2.75, 3.05) is 5.32 Å². The maximum absolute atomic E-state index is 13.1. The van der Waals surface area contributed by atoms with Crippen LogP contribution in [-0.2, 0) is 18.9 Å². The van der Waals surface area contributed by atoms with Crippen molar-refractivity contribution in [3.05, 3.63) is 71.7 Å². The fraction of sp³-hybridized carbons (Fsp3) is 0.167. The molecule has 0 amide bonds. The van der Waals surface area contributed by atoms with Gasteiger partial charge in [-0.05, 0) is 29.8 Å². The first kappa shape index (κ1) is 19.6. The molecule has 0 saturated heterocycles. The van der Waals surface area contributed by atoms with Gasteiger partial charge in [0.05, 0.1) is 5.56 Å². The van der Waals surface area contributed by atoms with Crippen LogP contribution < -0.4 is 5.32 Å². The van der Waals surface area contributed by atoms with E-state index in [-0.39, 0.29) is 18.2 Å². The molecule has 4 nitrogen and oxygen atoms in total. The van der Waals surface area contributed by atoms with Crippen LogP contribution in [0.15, 0.2) is 54.9 Å². The second kappa shape index (κ2) is 7.45. The number of anilines is 1. The molecule has 0 saturated carbocycles. The van der Waals surface area contributed by atoms with E-state index in [1.807, 2.05) is 0 Å². The molecule has 0 unspecified atom stereocenters. The first-order valence-corrected chi connectivity index (χ1v) is 7.89. The van der Waals surface area contributed by atoms with E-state index < -0.39 is 23.6 Å². The second-order valence-corrected chi connectivity index (χ2v) is 5.74. The van der Waals surface area contributed by atoms with Gasteiger partial charge in [0.15, 0.2) is 11.5 Å². The predicted molar refractivity (Wildman–Crippen MR) is 89.0 cm³/mol. The Morgan fingerprint density at radius 1 is 0.786 bits per heavy atom. The molecule has 2 heterocycles. The zero-order valence-corrected chi connectivity index (χ0v) is 14.0. The molecule has 0 bridgehead atoms. The summed E-state index contributed by atoms with van der Waals surface area (Å²) < 4.78 is 77.2. The van der Waals surface area contributed by atoms with Crippen molar-refractivity contribution in [3.63, 3.8) is 0 Å². The molecule has 146 valence electrons. The quantitative estimate of drug-likeness (QED) is 0.615. The van der Waals surface area contributed by atoms with Gasteiger partial charge in [-0.15, -0.1) is 0 Å². The number of rotatable bonds is 4. The molecule has 0 aliphatic rings. The Bertz CT molecular complexity index is 937. The smallest absolute Gasteiger partial charge is 0.366 e. The topological polar surface area (TPSA) is 50.7 Å². The van der Waals surface area contributed by atoms with Crippen LogP contribution >= 0.6 is 0 Å². The molecule has 10 heteroatoms. The van der Waals surface area contributed by atoms with Crippen molar-refractivity contribution in [3.8, 4) is 11.4 Å². The van der Waals surface area contributed by atoms with Gasteiger partial charge < -0.3 is 5.32 Å². The lowest BCUT2D eigenvalue weighted by Crippen LogP contribution is -2.12. The number of hydrogen-bond acceptors (Lipinski definition) is 4. The SMILES string of the molecule is FC(F)(F)c1ccc(CNc2cc(C(F)(F)F)nc(-c3ccncc3)n2)cc1. The molecule has 3 rings (SSSR count). The summed E-state index contributed by atoms with van der Waals surface area (Å²) in [6.07, 6.45) is -6.35. The first-order chi connectivity index (χ1) is 13.1. The maximum atomic E-state index is 13.1. The van der Waals surface area contributed by atoms with Gasteiger partial charge in [0, 0.05) is 30.6 Å². The van der Waals surface area contributed by atoms with E-state index in [1.54, 1.807) is 0 Å². The second-order valence-electron chi connectivity index (χ2n) is 5.74. The zero-order valence-electron chi connectivity index (χ0n) is 14.0. The highest BCUT2D eigenvalue weighted by Crippen LogP contribution is 2.31. The van der Waals surface area contributed by atoms with Gasteiger partial charge in [-0.2, -0.15) is 26.3 Å². The first-order valence-electron chi connectivity index (χ1n) is 7.89. The summed E-state index contributed by atoms with van der Waals surface area (Å²) in [4.78, 5) is 11.4. The molecular formula is C18H12F6N4. The van der Waals surface area contributed by atoms with Gasteiger partial charge in [-0.25, -0.2) is 9.97 Å². The van der Waals surface area contributed by atoms with Gasteiger partial charge in [0.25, 0.3) is 0 Å². The molecule has 1 N–H and O–H groups in total. The Hall–Kier alpha value is -3.17. The van der Waals surface area contributed by atoms with Gasteiger partial charge in [0.1, 0.15) is 5.82 Å². The van der Waals surface area contributed by atoms with E-state index in [4.69, 9.17) is 0 Å². The summed E-state index contributed by atoms with van der Waals surface area (Å²) >= 11 is 0. The summed E-state index contributed by atoms with van der Waals surface area (Å²) in [6, 6.07) is 7.97. The number of nitrogens with one attached hydrogen (secondary N) is 1.